The minimum atomic E-state index is -1.71. The monoisotopic (exact) mass is 523 g/mol. The SMILES string of the molecule is C=S(=O)=C1C(C(=O)NC(Cc2ccc(OCCCCC3CCNCC3)cc2)C(=O)O)=Nc2ccccc21. The second-order valence-electron chi connectivity index (χ2n) is 9.40. The molecular formula is C28H33N3O5S. The fraction of sp³-hybridized carbons (Fsp3) is 0.393. The van der Waals surface area contributed by atoms with Crippen LogP contribution in [-0.4, -0.2) is 63.4 Å². The molecule has 2 heterocycles. The number of fused-ring (bicyclic) bond motifs is 1. The summed E-state index contributed by atoms with van der Waals surface area (Å²) >= 11 is 0. The third-order valence-electron chi connectivity index (χ3n) is 6.74. The van der Waals surface area contributed by atoms with Crippen molar-refractivity contribution in [2.24, 2.45) is 10.9 Å². The summed E-state index contributed by atoms with van der Waals surface area (Å²) in [7, 11) is -1.71. The first-order valence-corrected chi connectivity index (χ1v) is 14.0. The molecule has 0 bridgehead atoms. The number of piperidine rings is 1. The smallest absolute Gasteiger partial charge is 0.326 e. The zero-order valence-corrected chi connectivity index (χ0v) is 21.6. The number of benzene rings is 2. The Morgan fingerprint density at radius 3 is 2.57 bits per heavy atom. The first-order chi connectivity index (χ1) is 17.9. The summed E-state index contributed by atoms with van der Waals surface area (Å²) in [6.45, 7) is 2.90. The molecule has 1 amide bonds. The summed E-state index contributed by atoms with van der Waals surface area (Å²) in [5, 5.41) is 15.7. The van der Waals surface area contributed by atoms with Crippen LogP contribution < -0.4 is 15.4 Å². The number of carbonyl (C=O) groups is 2. The summed E-state index contributed by atoms with van der Waals surface area (Å²) in [5.41, 5.74) is 1.75. The maximum Gasteiger partial charge on any atom is 0.326 e. The molecule has 1 atom stereocenters. The van der Waals surface area contributed by atoms with Crippen molar-refractivity contribution < 1.29 is 23.6 Å². The van der Waals surface area contributed by atoms with Gasteiger partial charge >= 0.3 is 5.97 Å². The van der Waals surface area contributed by atoms with Gasteiger partial charge in [0.15, 0.2) is 0 Å². The van der Waals surface area contributed by atoms with Gasteiger partial charge in [0.05, 0.1) is 17.2 Å². The molecule has 0 radical (unpaired) electrons. The zero-order chi connectivity index (χ0) is 26.2. The number of carboxylic acids is 1. The van der Waals surface area contributed by atoms with E-state index >= 15 is 0 Å². The van der Waals surface area contributed by atoms with E-state index < -0.39 is 27.9 Å². The van der Waals surface area contributed by atoms with E-state index in [-0.39, 0.29) is 17.0 Å². The number of nitrogens with zero attached hydrogens (tertiary/aromatic N) is 1. The third-order valence-corrected chi connectivity index (χ3v) is 7.61. The number of hydrogen-bond donors (Lipinski definition) is 3. The Balaban J connectivity index is 1.29. The molecule has 0 aliphatic carbocycles. The number of unbranched alkanes of at least 4 members (excludes halogenated alkanes) is 1. The predicted octanol–water partition coefficient (Wildman–Crippen LogP) is 2.83. The minimum Gasteiger partial charge on any atom is -0.494 e. The van der Waals surface area contributed by atoms with Crippen molar-refractivity contribution in [2.75, 3.05) is 19.7 Å². The highest BCUT2D eigenvalue weighted by atomic mass is 32.1. The average molecular weight is 524 g/mol. The maximum absolute atomic E-state index is 12.9. The first kappa shape index (κ1) is 26.6. The summed E-state index contributed by atoms with van der Waals surface area (Å²) in [6.07, 6.45) is 6.01. The molecule has 1 fully saturated rings. The van der Waals surface area contributed by atoms with Gasteiger partial charge in [-0.1, -0.05) is 36.8 Å². The molecule has 0 saturated carbocycles. The van der Waals surface area contributed by atoms with Crippen LogP contribution in [0.15, 0.2) is 53.5 Å². The number of para-hydroxylation sites is 1. The van der Waals surface area contributed by atoms with Gasteiger partial charge in [-0.2, -0.15) is 0 Å². The van der Waals surface area contributed by atoms with Crippen LogP contribution in [0.4, 0.5) is 5.69 Å². The molecule has 1 unspecified atom stereocenters. The molecule has 0 spiro atoms. The Morgan fingerprint density at radius 1 is 1.14 bits per heavy atom. The van der Waals surface area contributed by atoms with Gasteiger partial charge in [0.25, 0.3) is 5.91 Å². The molecule has 4 rings (SSSR count). The lowest BCUT2D eigenvalue weighted by molar-refractivity contribution is -0.140. The fourth-order valence-corrected chi connectivity index (χ4v) is 5.50. The number of amides is 1. The number of ether oxygens (including phenoxy) is 1. The lowest BCUT2D eigenvalue weighted by atomic mass is 9.93. The Kier molecular flexibility index (Phi) is 9.14. The van der Waals surface area contributed by atoms with E-state index in [9.17, 15) is 18.9 Å². The van der Waals surface area contributed by atoms with Crippen molar-refractivity contribution in [3.05, 3.63) is 59.7 Å². The maximum atomic E-state index is 12.9. The van der Waals surface area contributed by atoms with Crippen molar-refractivity contribution in [2.45, 2.75) is 44.6 Å². The van der Waals surface area contributed by atoms with E-state index in [1.165, 1.54) is 19.3 Å². The second kappa shape index (κ2) is 12.7. The molecular weight excluding hydrogens is 490 g/mol. The highest BCUT2D eigenvalue weighted by Crippen LogP contribution is 2.26. The highest BCUT2D eigenvalue weighted by molar-refractivity contribution is 7.85. The minimum absolute atomic E-state index is 0.0651. The first-order valence-electron chi connectivity index (χ1n) is 12.7. The van der Waals surface area contributed by atoms with Gasteiger partial charge in [0.2, 0.25) is 0 Å². The van der Waals surface area contributed by atoms with E-state index in [4.69, 9.17) is 4.74 Å². The van der Waals surface area contributed by atoms with Gasteiger partial charge in [-0.15, -0.1) is 0 Å². The van der Waals surface area contributed by atoms with Crippen molar-refractivity contribution in [3.63, 3.8) is 0 Å². The highest BCUT2D eigenvalue weighted by Gasteiger charge is 2.30. The lowest BCUT2D eigenvalue weighted by Gasteiger charge is -2.22. The second-order valence-corrected chi connectivity index (χ2v) is 10.5. The van der Waals surface area contributed by atoms with Gasteiger partial charge in [0.1, 0.15) is 17.5 Å². The van der Waals surface area contributed by atoms with Gasteiger partial charge in [-0.25, -0.2) is 14.0 Å². The number of aliphatic imine (C=N–C) groups is 1. The Labute approximate surface area is 218 Å². The van der Waals surface area contributed by atoms with E-state index in [1.54, 1.807) is 36.4 Å². The van der Waals surface area contributed by atoms with Crippen molar-refractivity contribution in [3.8, 4) is 5.75 Å². The molecule has 8 nitrogen and oxygen atoms in total. The van der Waals surface area contributed by atoms with Crippen molar-refractivity contribution in [1.29, 1.82) is 0 Å². The number of hydrogen-bond acceptors (Lipinski definition) is 6. The van der Waals surface area contributed by atoms with Crippen LogP contribution in [-0.2, 0) is 26.0 Å². The summed E-state index contributed by atoms with van der Waals surface area (Å²) in [6, 6.07) is 13.0. The summed E-state index contributed by atoms with van der Waals surface area (Å²) in [5.74, 6) is 3.23. The number of nitrogens with one attached hydrogen (secondary N) is 2. The molecule has 2 aromatic carbocycles. The van der Waals surface area contributed by atoms with Crippen LogP contribution in [0, 0.1) is 5.92 Å². The number of rotatable bonds is 11. The molecule has 196 valence electrons. The Bertz CT molecular complexity index is 1290. The Morgan fingerprint density at radius 2 is 1.86 bits per heavy atom. The zero-order valence-electron chi connectivity index (χ0n) is 20.8. The quantitative estimate of drug-likeness (QED) is 0.308. The van der Waals surface area contributed by atoms with Crippen LogP contribution in [0.5, 0.6) is 5.75 Å². The van der Waals surface area contributed by atoms with Gasteiger partial charge in [-0.05, 0) is 74.3 Å². The van der Waals surface area contributed by atoms with Crippen LogP contribution in [0.25, 0.3) is 0 Å². The van der Waals surface area contributed by atoms with Crippen LogP contribution in [0.2, 0.25) is 0 Å². The molecule has 2 aliphatic rings. The molecule has 0 aromatic heterocycles. The van der Waals surface area contributed by atoms with E-state index in [0.29, 0.717) is 17.9 Å². The standard InChI is InChI=1S/C28H33N3O5S/c1-37(35)26-22-7-2-3-8-23(22)30-25(26)27(32)31-24(28(33)34)18-20-9-11-21(12-10-20)36-17-5-4-6-19-13-15-29-16-14-19/h2-3,7-12,19,24,29H,1,4-6,13-18H2,(H,31,32)(H,33,34). The largest absolute Gasteiger partial charge is 0.494 e. The van der Waals surface area contributed by atoms with Crippen LogP contribution in [0.3, 0.4) is 0 Å². The number of carboxylic acid groups (broad SMARTS) is 1. The van der Waals surface area contributed by atoms with E-state index in [1.807, 2.05) is 12.1 Å². The van der Waals surface area contributed by atoms with E-state index in [2.05, 4.69) is 21.5 Å². The normalized spacial score (nSPS) is 16.0. The molecule has 2 aliphatic heterocycles. The third kappa shape index (κ3) is 7.08. The molecule has 9 heteroatoms. The van der Waals surface area contributed by atoms with Gasteiger partial charge in [0, 0.05) is 22.0 Å². The summed E-state index contributed by atoms with van der Waals surface area (Å²) in [4.78, 5) is 29.3. The fourth-order valence-electron chi connectivity index (χ4n) is 4.73. The topological polar surface area (TPSA) is 117 Å². The lowest BCUT2D eigenvalue weighted by Crippen LogP contribution is -2.46. The van der Waals surface area contributed by atoms with Crippen molar-refractivity contribution in [1.82, 2.24) is 10.6 Å². The Hall–Kier alpha value is -3.43. The number of carbonyl (C=O) groups excluding carboxylic acids is 1. The molecule has 1 saturated heterocycles. The van der Waals surface area contributed by atoms with Gasteiger partial charge in [-0.3, -0.25) is 4.79 Å². The van der Waals surface area contributed by atoms with Crippen LogP contribution in [0.1, 0.15) is 43.2 Å². The molecule has 3 N–H and O–H groups in total. The van der Waals surface area contributed by atoms with E-state index in [0.717, 1.165) is 43.2 Å². The summed E-state index contributed by atoms with van der Waals surface area (Å²) < 4.78 is 18.1. The molecule has 37 heavy (non-hydrogen) atoms. The van der Waals surface area contributed by atoms with Crippen LogP contribution >= 0.6 is 0 Å². The number of aliphatic carboxylic acids is 1. The van der Waals surface area contributed by atoms with Crippen molar-refractivity contribution >= 4 is 44.0 Å². The predicted molar refractivity (Wildman–Crippen MR) is 148 cm³/mol. The molecule has 2 aromatic rings. The van der Waals surface area contributed by atoms with Gasteiger partial charge < -0.3 is 20.5 Å². The average Bonchev–Trinajstić information content (AvgIpc) is 3.30.